The van der Waals surface area contributed by atoms with Gasteiger partial charge in [-0.3, -0.25) is 14.5 Å². The second-order valence-electron chi connectivity index (χ2n) is 5.05. The number of amides is 1. The van der Waals surface area contributed by atoms with Gasteiger partial charge in [0.1, 0.15) is 11.6 Å². The standard InChI is InChI=1S/C15H19FN2O3/c1-11(19)18-7-5-17(6-8-18)10-14(20)13-9-12(16)3-4-15(13)21-2/h3-4,9H,5-8,10H2,1-2H3. The Kier molecular flexibility index (Phi) is 4.90. The van der Waals surface area contributed by atoms with Crippen LogP contribution in [0.3, 0.4) is 0 Å². The van der Waals surface area contributed by atoms with Gasteiger partial charge in [0, 0.05) is 33.1 Å². The molecule has 0 bridgehead atoms. The minimum absolute atomic E-state index is 0.0489. The molecule has 1 saturated heterocycles. The average molecular weight is 294 g/mol. The Bertz CT molecular complexity index is 540. The van der Waals surface area contributed by atoms with Gasteiger partial charge in [0.15, 0.2) is 5.78 Å². The largest absolute Gasteiger partial charge is 0.496 e. The average Bonchev–Trinajstić information content (AvgIpc) is 2.47. The zero-order valence-electron chi connectivity index (χ0n) is 12.3. The quantitative estimate of drug-likeness (QED) is 0.783. The topological polar surface area (TPSA) is 49.9 Å². The number of carbonyl (C=O) groups excluding carboxylic acids is 2. The van der Waals surface area contributed by atoms with Crippen molar-refractivity contribution in [2.45, 2.75) is 6.92 Å². The van der Waals surface area contributed by atoms with Crippen LogP contribution in [-0.2, 0) is 4.79 Å². The van der Waals surface area contributed by atoms with E-state index in [1.807, 2.05) is 4.90 Å². The van der Waals surface area contributed by atoms with E-state index in [9.17, 15) is 14.0 Å². The van der Waals surface area contributed by atoms with E-state index in [1.165, 1.54) is 25.3 Å². The summed E-state index contributed by atoms with van der Waals surface area (Å²) in [7, 11) is 1.45. The van der Waals surface area contributed by atoms with Gasteiger partial charge in [0.25, 0.3) is 0 Å². The number of rotatable bonds is 4. The van der Waals surface area contributed by atoms with Gasteiger partial charge in [0.05, 0.1) is 19.2 Å². The first-order valence-corrected chi connectivity index (χ1v) is 6.86. The van der Waals surface area contributed by atoms with Gasteiger partial charge in [-0.25, -0.2) is 4.39 Å². The molecule has 1 fully saturated rings. The first-order valence-electron chi connectivity index (χ1n) is 6.86. The summed E-state index contributed by atoms with van der Waals surface area (Å²) in [5.41, 5.74) is 0.256. The summed E-state index contributed by atoms with van der Waals surface area (Å²) in [6.45, 7) is 4.25. The molecule has 21 heavy (non-hydrogen) atoms. The fraction of sp³-hybridized carbons (Fsp3) is 0.467. The molecule has 1 aromatic carbocycles. The normalized spacial score (nSPS) is 15.9. The maximum Gasteiger partial charge on any atom is 0.219 e. The lowest BCUT2D eigenvalue weighted by molar-refractivity contribution is -0.130. The summed E-state index contributed by atoms with van der Waals surface area (Å²) in [5, 5.41) is 0. The molecule has 1 aliphatic heterocycles. The molecule has 0 atom stereocenters. The number of ketones is 1. The zero-order valence-corrected chi connectivity index (χ0v) is 12.3. The van der Waals surface area contributed by atoms with E-state index < -0.39 is 5.82 Å². The van der Waals surface area contributed by atoms with E-state index in [-0.39, 0.29) is 23.8 Å². The zero-order chi connectivity index (χ0) is 15.4. The van der Waals surface area contributed by atoms with E-state index >= 15 is 0 Å². The number of nitrogens with zero attached hydrogens (tertiary/aromatic N) is 2. The van der Waals surface area contributed by atoms with Crippen LogP contribution in [0, 0.1) is 5.82 Å². The minimum atomic E-state index is -0.458. The fourth-order valence-corrected chi connectivity index (χ4v) is 2.41. The second kappa shape index (κ2) is 6.67. The first kappa shape index (κ1) is 15.4. The summed E-state index contributed by atoms with van der Waals surface area (Å²) in [4.78, 5) is 27.3. The molecule has 0 aliphatic carbocycles. The van der Waals surface area contributed by atoms with Gasteiger partial charge < -0.3 is 9.64 Å². The van der Waals surface area contributed by atoms with Crippen molar-refractivity contribution < 1.29 is 18.7 Å². The Morgan fingerprint density at radius 1 is 1.24 bits per heavy atom. The van der Waals surface area contributed by atoms with Crippen LogP contribution < -0.4 is 4.74 Å². The Morgan fingerprint density at radius 3 is 2.48 bits per heavy atom. The predicted molar refractivity (Wildman–Crippen MR) is 76.0 cm³/mol. The number of piperazine rings is 1. The lowest BCUT2D eigenvalue weighted by Gasteiger charge is -2.33. The van der Waals surface area contributed by atoms with Crippen molar-refractivity contribution in [2.75, 3.05) is 39.8 Å². The molecule has 5 nitrogen and oxygen atoms in total. The Hall–Kier alpha value is -1.95. The van der Waals surface area contributed by atoms with Gasteiger partial charge in [-0.1, -0.05) is 0 Å². The number of halogens is 1. The van der Waals surface area contributed by atoms with Crippen LogP contribution in [0.2, 0.25) is 0 Å². The molecule has 0 radical (unpaired) electrons. The van der Waals surface area contributed by atoms with Crippen molar-refractivity contribution in [1.29, 1.82) is 0 Å². The third-order valence-electron chi connectivity index (χ3n) is 3.65. The molecule has 114 valence electrons. The monoisotopic (exact) mass is 294 g/mol. The maximum absolute atomic E-state index is 13.3. The van der Waals surface area contributed by atoms with Crippen LogP contribution >= 0.6 is 0 Å². The van der Waals surface area contributed by atoms with Crippen LogP contribution in [0.15, 0.2) is 18.2 Å². The molecular formula is C15H19FN2O3. The number of Topliss-reactive ketones (excluding diaryl/α,β-unsaturated/α-hetero) is 1. The van der Waals surface area contributed by atoms with Gasteiger partial charge in [-0.05, 0) is 18.2 Å². The number of methoxy groups -OCH3 is 1. The smallest absolute Gasteiger partial charge is 0.219 e. The number of benzene rings is 1. The summed E-state index contributed by atoms with van der Waals surface area (Å²) < 4.78 is 18.4. The lowest BCUT2D eigenvalue weighted by Crippen LogP contribution is -2.49. The van der Waals surface area contributed by atoms with Crippen molar-refractivity contribution >= 4 is 11.7 Å². The van der Waals surface area contributed by atoms with Gasteiger partial charge in [0.2, 0.25) is 5.91 Å². The Morgan fingerprint density at radius 2 is 1.90 bits per heavy atom. The summed E-state index contributed by atoms with van der Waals surface area (Å²) >= 11 is 0. The highest BCUT2D eigenvalue weighted by atomic mass is 19.1. The Balaban J connectivity index is 1.99. The number of hydrogen-bond acceptors (Lipinski definition) is 4. The molecule has 2 rings (SSSR count). The predicted octanol–water partition coefficient (Wildman–Crippen LogP) is 1.18. The summed E-state index contributed by atoms with van der Waals surface area (Å²) in [6, 6.07) is 3.92. The minimum Gasteiger partial charge on any atom is -0.496 e. The van der Waals surface area contributed by atoms with Crippen LogP contribution in [-0.4, -0.2) is 61.3 Å². The van der Waals surface area contributed by atoms with E-state index in [2.05, 4.69) is 0 Å². The molecule has 1 aromatic rings. The van der Waals surface area contributed by atoms with Crippen LogP contribution in [0.25, 0.3) is 0 Å². The van der Waals surface area contributed by atoms with E-state index in [0.29, 0.717) is 31.9 Å². The van der Waals surface area contributed by atoms with Gasteiger partial charge in [-0.2, -0.15) is 0 Å². The van der Waals surface area contributed by atoms with Gasteiger partial charge in [-0.15, -0.1) is 0 Å². The highest BCUT2D eigenvalue weighted by molar-refractivity contribution is 6.00. The van der Waals surface area contributed by atoms with Crippen LogP contribution in [0.1, 0.15) is 17.3 Å². The van der Waals surface area contributed by atoms with Crippen molar-refractivity contribution in [3.63, 3.8) is 0 Å². The molecule has 0 saturated carbocycles. The molecule has 0 unspecified atom stereocenters. The highest BCUT2D eigenvalue weighted by Crippen LogP contribution is 2.20. The van der Waals surface area contributed by atoms with E-state index in [4.69, 9.17) is 4.74 Å². The number of ether oxygens (including phenoxy) is 1. The van der Waals surface area contributed by atoms with Crippen molar-refractivity contribution in [1.82, 2.24) is 9.80 Å². The third kappa shape index (κ3) is 3.78. The maximum atomic E-state index is 13.3. The molecule has 6 heteroatoms. The highest BCUT2D eigenvalue weighted by Gasteiger charge is 2.22. The summed E-state index contributed by atoms with van der Waals surface area (Å²) in [5.74, 6) is -0.209. The molecule has 0 aromatic heterocycles. The molecule has 0 N–H and O–H groups in total. The van der Waals surface area contributed by atoms with Crippen LogP contribution in [0.4, 0.5) is 4.39 Å². The van der Waals surface area contributed by atoms with Crippen molar-refractivity contribution in [2.24, 2.45) is 0 Å². The first-order chi connectivity index (χ1) is 10.0. The molecule has 0 spiro atoms. The number of carbonyl (C=O) groups is 2. The third-order valence-corrected chi connectivity index (χ3v) is 3.65. The van der Waals surface area contributed by atoms with Gasteiger partial charge >= 0.3 is 0 Å². The van der Waals surface area contributed by atoms with E-state index in [1.54, 1.807) is 11.8 Å². The van der Waals surface area contributed by atoms with Crippen molar-refractivity contribution in [3.05, 3.63) is 29.6 Å². The van der Waals surface area contributed by atoms with Crippen LogP contribution in [0.5, 0.6) is 5.75 Å². The van der Waals surface area contributed by atoms with Crippen molar-refractivity contribution in [3.8, 4) is 5.75 Å². The molecular weight excluding hydrogens is 275 g/mol. The SMILES string of the molecule is COc1ccc(F)cc1C(=O)CN1CCN(C(C)=O)CC1. The lowest BCUT2D eigenvalue weighted by atomic mass is 10.1. The molecule has 1 amide bonds. The number of hydrogen-bond donors (Lipinski definition) is 0. The fourth-order valence-electron chi connectivity index (χ4n) is 2.41. The summed E-state index contributed by atoms with van der Waals surface area (Å²) in [6.07, 6.45) is 0. The molecule has 1 aliphatic rings. The van der Waals surface area contributed by atoms with E-state index in [0.717, 1.165) is 0 Å². The Labute approximate surface area is 123 Å². The molecule has 1 heterocycles. The second-order valence-corrected chi connectivity index (χ2v) is 5.05.